The Hall–Kier alpha value is -1.57. The van der Waals surface area contributed by atoms with Gasteiger partial charge in [0.25, 0.3) is 0 Å². The van der Waals surface area contributed by atoms with Crippen molar-refractivity contribution in [2.24, 2.45) is 0 Å². The monoisotopic (exact) mass is 396 g/mol. The van der Waals surface area contributed by atoms with Crippen LogP contribution in [0.15, 0.2) is 99.6 Å². The van der Waals surface area contributed by atoms with Crippen LogP contribution in [0.25, 0.3) is 0 Å². The van der Waals surface area contributed by atoms with Gasteiger partial charge >= 0.3 is 0 Å². The van der Waals surface area contributed by atoms with Gasteiger partial charge in [-0.25, -0.2) is 0 Å². The van der Waals surface area contributed by atoms with Crippen LogP contribution in [0.1, 0.15) is 0 Å². The fourth-order valence-electron chi connectivity index (χ4n) is 2.48. The van der Waals surface area contributed by atoms with Crippen LogP contribution < -0.4 is 14.0 Å². The first-order valence-corrected chi connectivity index (χ1v) is 10.4. The van der Waals surface area contributed by atoms with E-state index in [2.05, 4.69) is 0 Å². The van der Waals surface area contributed by atoms with Gasteiger partial charge in [0.1, 0.15) is 3.74 Å². The molecule has 4 nitrogen and oxygen atoms in total. The fourth-order valence-corrected chi connectivity index (χ4v) is 6.82. The maximum absolute atomic E-state index is 11.6. The van der Waals surface area contributed by atoms with Crippen LogP contribution in [0.4, 0.5) is 0 Å². The Balaban J connectivity index is 2.33. The Morgan fingerprint density at radius 2 is 1.04 bits per heavy atom. The molecule has 0 aliphatic carbocycles. The van der Waals surface area contributed by atoms with Gasteiger partial charge in [-0.05, 0) is 48.5 Å². The van der Waals surface area contributed by atoms with E-state index in [1.54, 1.807) is 72.8 Å². The Labute approximate surface area is 154 Å². The largest absolute Gasteiger partial charge is 0.182 e. The second-order valence-corrected chi connectivity index (χ2v) is 9.30. The number of hydrogen-bond acceptors (Lipinski definition) is 4. The van der Waals surface area contributed by atoms with Crippen LogP contribution in [0.5, 0.6) is 0 Å². The topological polar surface area (TPSA) is 78.4 Å². The molecule has 3 aromatic rings. The summed E-state index contributed by atoms with van der Waals surface area (Å²) in [5.41, 5.74) is 0. The molecule has 7 heteroatoms. The van der Waals surface area contributed by atoms with Crippen LogP contribution in [0, 0.1) is 10.2 Å². The summed E-state index contributed by atoms with van der Waals surface area (Å²) in [6.45, 7) is 0. The first kappa shape index (κ1) is 18.2. The number of rotatable bonds is 5. The van der Waals surface area contributed by atoms with E-state index in [4.69, 9.17) is 15.3 Å². The highest BCUT2D eigenvalue weighted by molar-refractivity contribution is 8.29. The van der Waals surface area contributed by atoms with E-state index in [1.165, 1.54) is 0 Å². The van der Waals surface area contributed by atoms with E-state index in [0.29, 0.717) is 19.7 Å². The highest BCUT2D eigenvalue weighted by Gasteiger charge is 2.46. The molecule has 0 aliphatic heterocycles. The number of benzene rings is 3. The Kier molecular flexibility index (Phi) is 5.36. The lowest BCUT2D eigenvalue weighted by atomic mass is 10.4. The van der Waals surface area contributed by atoms with Crippen molar-refractivity contribution < 1.29 is 28.0 Å². The summed E-state index contributed by atoms with van der Waals surface area (Å²) in [6.07, 6.45) is 0. The van der Waals surface area contributed by atoms with Crippen molar-refractivity contribution in [3.05, 3.63) is 90.0 Å². The first-order chi connectivity index (χ1) is 11.9. The van der Waals surface area contributed by atoms with E-state index in [1.807, 2.05) is 12.1 Å². The molecule has 0 fully saturated rings. The van der Waals surface area contributed by atoms with Gasteiger partial charge in [-0.2, -0.15) is 14.0 Å². The second kappa shape index (κ2) is 7.35. The standard InChI is InChI=1S/C18H14Cl2O4S/c19-15-11-13-18(14-12-15)25(24-20(21,22)23,16-7-3-1-4-8-16)17-9-5-2-6-10-17/h1-14H. The molecule has 0 N–H and O–H groups in total. The zero-order valence-corrected chi connectivity index (χ0v) is 15.2. The molecule has 0 atom stereocenters. The van der Waals surface area contributed by atoms with Crippen molar-refractivity contribution in [3.8, 4) is 0 Å². The number of hydrogen-bond donors (Lipinski definition) is 0. The molecule has 0 bridgehead atoms. The number of halogens is 2. The average Bonchev–Trinajstić information content (AvgIpc) is 2.61. The summed E-state index contributed by atoms with van der Waals surface area (Å²) >= 11 is 5.97. The molecule has 0 radical (unpaired) electrons. The minimum atomic E-state index is -4.67. The van der Waals surface area contributed by atoms with Gasteiger partial charge in [-0.1, -0.05) is 48.0 Å². The highest BCUT2D eigenvalue weighted by atomic mass is 35.7. The third-order valence-electron chi connectivity index (χ3n) is 3.47. The van der Waals surface area contributed by atoms with Crippen molar-refractivity contribution in [2.75, 3.05) is 0 Å². The Morgan fingerprint density at radius 3 is 1.44 bits per heavy atom. The second-order valence-electron chi connectivity index (χ2n) is 5.08. The van der Waals surface area contributed by atoms with Crippen molar-refractivity contribution in [1.29, 1.82) is 0 Å². The molecular formula is C18H14Cl2O4S. The highest BCUT2D eigenvalue weighted by Crippen LogP contribution is 2.69. The van der Waals surface area contributed by atoms with Crippen LogP contribution >= 0.6 is 21.9 Å². The molecule has 0 saturated carbocycles. The molecule has 3 aromatic carbocycles. The molecule has 25 heavy (non-hydrogen) atoms. The molecule has 0 amide bonds. The summed E-state index contributed by atoms with van der Waals surface area (Å²) in [6, 6.07) is 24.3. The minimum absolute atomic E-state index is 0.501. The SMILES string of the molecule is [O-][Cl+3]([O-])([O-])OS(c1ccccc1)(c1ccccc1)c1ccc(Cl)cc1. The van der Waals surface area contributed by atoms with Crippen LogP contribution in [0.2, 0.25) is 5.02 Å². The zero-order valence-electron chi connectivity index (χ0n) is 12.9. The summed E-state index contributed by atoms with van der Waals surface area (Å²) in [7, 11) is -7.45. The third-order valence-corrected chi connectivity index (χ3v) is 7.90. The van der Waals surface area contributed by atoms with Crippen LogP contribution in [-0.4, -0.2) is 0 Å². The summed E-state index contributed by atoms with van der Waals surface area (Å²) in [5.74, 6) is 0. The molecule has 0 aromatic heterocycles. The molecular weight excluding hydrogens is 383 g/mol. The molecule has 130 valence electrons. The third kappa shape index (κ3) is 3.99. The maximum atomic E-state index is 11.6. The van der Waals surface area contributed by atoms with E-state index in [0.717, 1.165) is 0 Å². The van der Waals surface area contributed by atoms with Gasteiger partial charge in [0.15, 0.2) is 0 Å². The molecule has 0 spiro atoms. The van der Waals surface area contributed by atoms with Crippen molar-refractivity contribution in [2.45, 2.75) is 14.7 Å². The van der Waals surface area contributed by atoms with E-state index < -0.39 is 20.6 Å². The smallest absolute Gasteiger partial charge is 0.134 e. The van der Waals surface area contributed by atoms with Gasteiger partial charge < -0.3 is 0 Å². The van der Waals surface area contributed by atoms with Gasteiger partial charge in [-0.15, -0.1) is 0 Å². The van der Waals surface area contributed by atoms with Crippen LogP contribution in [0.3, 0.4) is 0 Å². The maximum Gasteiger partial charge on any atom is 0.134 e. The lowest BCUT2D eigenvalue weighted by Crippen LogP contribution is -2.61. The molecule has 0 saturated heterocycles. The quantitative estimate of drug-likeness (QED) is 0.663. The van der Waals surface area contributed by atoms with Gasteiger partial charge in [0.2, 0.25) is 0 Å². The molecule has 0 aliphatic rings. The predicted molar refractivity (Wildman–Crippen MR) is 87.8 cm³/mol. The fraction of sp³-hybridized carbons (Fsp3) is 0. The van der Waals surface area contributed by atoms with Gasteiger partial charge in [0.05, 0.1) is 20.6 Å². The molecule has 3 rings (SSSR count). The molecule has 0 unspecified atom stereocenters. The Morgan fingerprint density at radius 1 is 0.640 bits per heavy atom. The summed E-state index contributed by atoms with van der Waals surface area (Å²) in [5, 5.41) is 0.501. The van der Waals surface area contributed by atoms with Crippen molar-refractivity contribution in [3.63, 3.8) is 0 Å². The van der Waals surface area contributed by atoms with Gasteiger partial charge in [-0.3, -0.25) is 0 Å². The minimum Gasteiger partial charge on any atom is -0.182 e. The molecule has 0 heterocycles. The van der Waals surface area contributed by atoms with E-state index in [9.17, 15) is 14.0 Å². The first-order valence-electron chi connectivity index (χ1n) is 7.23. The summed E-state index contributed by atoms with van der Waals surface area (Å²) < 4.78 is 40.1. The van der Waals surface area contributed by atoms with Crippen LogP contribution in [-0.2, 0) is 3.74 Å². The average molecular weight is 397 g/mol. The van der Waals surface area contributed by atoms with E-state index >= 15 is 0 Å². The zero-order chi connectivity index (χ0) is 17.9. The summed E-state index contributed by atoms with van der Waals surface area (Å²) in [4.78, 5) is 1.74. The van der Waals surface area contributed by atoms with Crippen molar-refractivity contribution >= 4 is 21.9 Å². The van der Waals surface area contributed by atoms with E-state index in [-0.39, 0.29) is 0 Å². The van der Waals surface area contributed by atoms with Gasteiger partial charge in [0, 0.05) is 19.7 Å². The van der Waals surface area contributed by atoms with Crippen molar-refractivity contribution in [1.82, 2.24) is 0 Å². The predicted octanol–water partition coefficient (Wildman–Crippen LogP) is 2.45. The normalized spacial score (nSPS) is 12.8. The Bertz CT molecular complexity index is 782. The lowest BCUT2D eigenvalue weighted by molar-refractivity contribution is -1.91. The lowest BCUT2D eigenvalue weighted by Gasteiger charge is -2.34.